The van der Waals surface area contributed by atoms with Crippen molar-refractivity contribution in [2.45, 2.75) is 38.0 Å². The highest BCUT2D eigenvalue weighted by Crippen LogP contribution is 2.39. The molecule has 1 fully saturated rings. The number of nitrogens with one attached hydrogen (secondary N) is 1. The monoisotopic (exact) mass is 394 g/mol. The number of benzene rings is 1. The minimum absolute atomic E-state index is 0.0934. The smallest absolute Gasteiger partial charge is 0.318 e. The zero-order chi connectivity index (χ0) is 20.6. The Balaban J connectivity index is 1.79. The van der Waals surface area contributed by atoms with Gasteiger partial charge in [-0.05, 0) is 18.4 Å². The van der Waals surface area contributed by atoms with Crippen molar-refractivity contribution in [3.63, 3.8) is 0 Å². The molecule has 7 heteroatoms. The first-order valence-corrected chi connectivity index (χ1v) is 10.0. The number of hydrogen-bond acceptors (Lipinski definition) is 6. The van der Waals surface area contributed by atoms with Crippen LogP contribution in [0.5, 0.6) is 0 Å². The molecule has 0 saturated carbocycles. The lowest BCUT2D eigenvalue weighted by Gasteiger charge is -2.29. The summed E-state index contributed by atoms with van der Waals surface area (Å²) in [5, 5.41) is 2.87. The van der Waals surface area contributed by atoms with E-state index in [2.05, 4.69) is 15.2 Å². The Labute approximate surface area is 170 Å². The second-order valence-corrected chi connectivity index (χ2v) is 8.00. The van der Waals surface area contributed by atoms with E-state index in [1.165, 1.54) is 7.11 Å². The van der Waals surface area contributed by atoms with E-state index in [1.54, 1.807) is 0 Å². The van der Waals surface area contributed by atoms with E-state index >= 15 is 0 Å². The summed E-state index contributed by atoms with van der Waals surface area (Å²) in [6.07, 6.45) is 1.31. The van der Waals surface area contributed by atoms with E-state index in [1.807, 2.05) is 44.2 Å². The Hall–Kier alpha value is -2.96. The van der Waals surface area contributed by atoms with E-state index < -0.39 is 5.41 Å². The molecule has 1 amide bonds. The van der Waals surface area contributed by atoms with Gasteiger partial charge in [-0.15, -0.1) is 0 Å². The number of methoxy groups -OCH3 is 1. The molecule has 1 N–H and O–H groups in total. The van der Waals surface area contributed by atoms with Gasteiger partial charge in [0.1, 0.15) is 22.8 Å². The highest BCUT2D eigenvalue weighted by atomic mass is 16.5. The summed E-state index contributed by atoms with van der Waals surface area (Å²) in [7, 11) is 1.43. The van der Waals surface area contributed by atoms with Crippen molar-refractivity contribution in [3.8, 4) is 0 Å². The molecule has 2 aromatic rings. The predicted octanol–water partition coefficient (Wildman–Crippen LogP) is 2.21. The molecule has 152 valence electrons. The molecule has 4 rings (SSSR count). The summed E-state index contributed by atoms with van der Waals surface area (Å²) in [5.74, 6) is 1.12. The zero-order valence-electron chi connectivity index (χ0n) is 17.1. The second kappa shape index (κ2) is 7.46. The molecule has 3 heterocycles. The Bertz CT molecular complexity index is 945. The van der Waals surface area contributed by atoms with E-state index in [9.17, 15) is 9.59 Å². The van der Waals surface area contributed by atoms with Gasteiger partial charge in [-0.1, -0.05) is 44.2 Å². The lowest BCUT2D eigenvalue weighted by molar-refractivity contribution is -0.146. The van der Waals surface area contributed by atoms with Crippen molar-refractivity contribution in [1.82, 2.24) is 15.3 Å². The van der Waals surface area contributed by atoms with Crippen LogP contribution in [0.25, 0.3) is 0 Å². The van der Waals surface area contributed by atoms with Gasteiger partial charge in [0.05, 0.1) is 7.11 Å². The summed E-state index contributed by atoms with van der Waals surface area (Å²) in [6.45, 7) is 5.72. The molecule has 2 aliphatic heterocycles. The van der Waals surface area contributed by atoms with E-state index in [-0.39, 0.29) is 17.8 Å². The molecule has 0 spiro atoms. The van der Waals surface area contributed by atoms with Crippen LogP contribution in [-0.2, 0) is 21.4 Å². The number of fused-ring (bicyclic) bond motifs is 1. The molecule has 1 atom stereocenters. The third-order valence-corrected chi connectivity index (χ3v) is 5.87. The summed E-state index contributed by atoms with van der Waals surface area (Å²) >= 11 is 0. The van der Waals surface area contributed by atoms with Crippen LogP contribution in [0.1, 0.15) is 53.6 Å². The lowest BCUT2D eigenvalue weighted by atomic mass is 9.79. The fourth-order valence-corrected chi connectivity index (χ4v) is 4.27. The molecule has 7 nitrogen and oxygen atoms in total. The number of anilines is 1. The summed E-state index contributed by atoms with van der Waals surface area (Å²) < 4.78 is 5.21. The Morgan fingerprint density at radius 3 is 2.69 bits per heavy atom. The third-order valence-electron chi connectivity index (χ3n) is 5.87. The van der Waals surface area contributed by atoms with Crippen molar-refractivity contribution >= 4 is 17.7 Å². The van der Waals surface area contributed by atoms with Crippen LogP contribution < -0.4 is 10.2 Å². The number of ether oxygens (including phenoxy) is 1. The van der Waals surface area contributed by atoms with Gasteiger partial charge in [0.15, 0.2) is 0 Å². The SMILES string of the molecule is COC(=O)C1(c2ccccc2)CCN(c2nc(C(C)C)nc3c2CCNC3=O)C1. The molecular weight excluding hydrogens is 368 g/mol. The van der Waals surface area contributed by atoms with Gasteiger partial charge < -0.3 is 15.0 Å². The molecule has 0 bridgehead atoms. The van der Waals surface area contributed by atoms with Gasteiger partial charge in [0.2, 0.25) is 0 Å². The summed E-state index contributed by atoms with van der Waals surface area (Å²) in [4.78, 5) is 36.8. The molecule has 0 radical (unpaired) electrons. The van der Waals surface area contributed by atoms with Crippen LogP contribution in [0.2, 0.25) is 0 Å². The highest BCUT2D eigenvalue weighted by molar-refractivity contribution is 5.96. The first-order chi connectivity index (χ1) is 14.0. The normalized spacial score (nSPS) is 21.1. The van der Waals surface area contributed by atoms with Crippen molar-refractivity contribution in [3.05, 3.63) is 53.0 Å². The number of aromatic nitrogens is 2. The zero-order valence-corrected chi connectivity index (χ0v) is 17.1. The van der Waals surface area contributed by atoms with E-state index in [0.717, 1.165) is 16.9 Å². The number of nitrogens with zero attached hydrogens (tertiary/aromatic N) is 3. The molecule has 1 aromatic heterocycles. The van der Waals surface area contributed by atoms with Gasteiger partial charge in [0.25, 0.3) is 5.91 Å². The van der Waals surface area contributed by atoms with Crippen LogP contribution in [0, 0.1) is 0 Å². The largest absolute Gasteiger partial charge is 0.468 e. The Kier molecular flexibility index (Phi) is 4.98. The average Bonchev–Trinajstić information content (AvgIpc) is 3.20. The number of hydrogen-bond donors (Lipinski definition) is 1. The summed E-state index contributed by atoms with van der Waals surface area (Å²) in [6, 6.07) is 9.77. The maximum Gasteiger partial charge on any atom is 0.318 e. The fraction of sp³-hybridized carbons (Fsp3) is 0.455. The first-order valence-electron chi connectivity index (χ1n) is 10.0. The van der Waals surface area contributed by atoms with Crippen LogP contribution in [-0.4, -0.2) is 48.6 Å². The lowest BCUT2D eigenvalue weighted by Crippen LogP contribution is -2.41. The van der Waals surface area contributed by atoms with Crippen LogP contribution in [0.4, 0.5) is 5.82 Å². The van der Waals surface area contributed by atoms with Gasteiger partial charge in [0, 0.05) is 31.1 Å². The van der Waals surface area contributed by atoms with Crippen molar-refractivity contribution < 1.29 is 14.3 Å². The van der Waals surface area contributed by atoms with Crippen molar-refractivity contribution in [2.75, 3.05) is 31.6 Å². The van der Waals surface area contributed by atoms with E-state index in [4.69, 9.17) is 9.72 Å². The highest BCUT2D eigenvalue weighted by Gasteiger charge is 2.48. The van der Waals surface area contributed by atoms with Gasteiger partial charge in [-0.2, -0.15) is 0 Å². The topological polar surface area (TPSA) is 84.4 Å². The molecule has 2 aliphatic rings. The Morgan fingerprint density at radius 2 is 2.00 bits per heavy atom. The van der Waals surface area contributed by atoms with Crippen LogP contribution >= 0.6 is 0 Å². The molecule has 1 aromatic carbocycles. The minimum atomic E-state index is -0.747. The number of rotatable bonds is 4. The van der Waals surface area contributed by atoms with Gasteiger partial charge >= 0.3 is 5.97 Å². The van der Waals surface area contributed by atoms with Crippen LogP contribution in [0.15, 0.2) is 30.3 Å². The van der Waals surface area contributed by atoms with Gasteiger partial charge in [-0.25, -0.2) is 9.97 Å². The molecule has 1 unspecified atom stereocenters. The van der Waals surface area contributed by atoms with Crippen molar-refractivity contribution in [2.24, 2.45) is 0 Å². The minimum Gasteiger partial charge on any atom is -0.468 e. The molecule has 0 aliphatic carbocycles. The predicted molar refractivity (Wildman–Crippen MR) is 109 cm³/mol. The maximum absolute atomic E-state index is 12.9. The quantitative estimate of drug-likeness (QED) is 0.801. The molecular formula is C22H26N4O3. The number of carbonyl (C=O) groups excluding carboxylic acids is 2. The third kappa shape index (κ3) is 3.24. The van der Waals surface area contributed by atoms with Crippen LogP contribution in [0.3, 0.4) is 0 Å². The standard InChI is InChI=1S/C22H26N4O3/c1-14(2)18-24-17-16(9-11-23-20(17)27)19(25-18)26-12-10-22(13-26,21(28)29-3)15-7-5-4-6-8-15/h4-8,14H,9-13H2,1-3H3,(H,23,27). The average molecular weight is 394 g/mol. The molecule has 29 heavy (non-hydrogen) atoms. The molecule has 1 saturated heterocycles. The number of amides is 1. The van der Waals surface area contributed by atoms with Crippen molar-refractivity contribution in [1.29, 1.82) is 0 Å². The first kappa shape index (κ1) is 19.4. The maximum atomic E-state index is 12.9. The second-order valence-electron chi connectivity index (χ2n) is 8.00. The number of carbonyl (C=O) groups is 2. The summed E-state index contributed by atoms with van der Waals surface area (Å²) in [5.41, 5.74) is 1.52. The van der Waals surface area contributed by atoms with Gasteiger partial charge in [-0.3, -0.25) is 9.59 Å². The van der Waals surface area contributed by atoms with E-state index in [0.29, 0.717) is 44.0 Å². The number of esters is 1. The Morgan fingerprint density at radius 1 is 1.24 bits per heavy atom. The fourth-order valence-electron chi connectivity index (χ4n) is 4.27.